The average Bonchev–Trinajstić information content (AvgIpc) is 2.65. The van der Waals surface area contributed by atoms with Crippen molar-refractivity contribution in [3.05, 3.63) is 0 Å². The summed E-state index contributed by atoms with van der Waals surface area (Å²) in [7, 11) is -2.78. The van der Waals surface area contributed by atoms with Crippen molar-refractivity contribution >= 4 is 9.84 Å². The Labute approximate surface area is 99.9 Å². The van der Waals surface area contributed by atoms with Crippen LogP contribution in [-0.2, 0) is 9.84 Å². The molecule has 0 aromatic carbocycles. The van der Waals surface area contributed by atoms with Gasteiger partial charge in [0.25, 0.3) is 0 Å². The lowest BCUT2D eigenvalue weighted by Gasteiger charge is -2.27. The van der Waals surface area contributed by atoms with Gasteiger partial charge in [0.2, 0.25) is 0 Å². The SMILES string of the molecule is CCC1(CNCCCS(C)(=O)=O)CCCC1. The summed E-state index contributed by atoms with van der Waals surface area (Å²) in [4.78, 5) is 0. The van der Waals surface area contributed by atoms with E-state index < -0.39 is 9.84 Å². The molecule has 0 radical (unpaired) electrons. The Morgan fingerprint density at radius 1 is 1.25 bits per heavy atom. The van der Waals surface area contributed by atoms with Crippen LogP contribution in [0, 0.1) is 5.41 Å². The van der Waals surface area contributed by atoms with Crippen molar-refractivity contribution in [2.24, 2.45) is 5.41 Å². The molecule has 16 heavy (non-hydrogen) atoms. The lowest BCUT2D eigenvalue weighted by molar-refractivity contribution is 0.269. The lowest BCUT2D eigenvalue weighted by atomic mass is 9.83. The molecule has 0 spiro atoms. The van der Waals surface area contributed by atoms with E-state index in [2.05, 4.69) is 12.2 Å². The largest absolute Gasteiger partial charge is 0.316 e. The van der Waals surface area contributed by atoms with Crippen LogP contribution >= 0.6 is 0 Å². The third-order valence-electron chi connectivity index (χ3n) is 3.78. The van der Waals surface area contributed by atoms with E-state index in [0.717, 1.165) is 19.5 Å². The van der Waals surface area contributed by atoms with Crippen LogP contribution in [0.5, 0.6) is 0 Å². The Bertz CT molecular complexity index is 292. The Kier molecular flexibility index (Phi) is 5.25. The maximum atomic E-state index is 10.9. The third kappa shape index (κ3) is 4.83. The standard InChI is InChI=1S/C12H25NO2S/c1-3-12(7-4-5-8-12)11-13-9-6-10-16(2,14)15/h13H,3-11H2,1-2H3. The highest BCUT2D eigenvalue weighted by molar-refractivity contribution is 7.90. The van der Waals surface area contributed by atoms with Crippen LogP contribution in [0.1, 0.15) is 45.4 Å². The van der Waals surface area contributed by atoms with Gasteiger partial charge in [-0.2, -0.15) is 0 Å². The first-order valence-electron chi connectivity index (χ1n) is 6.36. The van der Waals surface area contributed by atoms with Crippen molar-refractivity contribution in [2.75, 3.05) is 25.1 Å². The predicted molar refractivity (Wildman–Crippen MR) is 68.4 cm³/mol. The number of nitrogens with one attached hydrogen (secondary N) is 1. The minimum absolute atomic E-state index is 0.305. The Hall–Kier alpha value is -0.0900. The minimum atomic E-state index is -2.78. The smallest absolute Gasteiger partial charge is 0.147 e. The quantitative estimate of drug-likeness (QED) is 0.700. The summed E-state index contributed by atoms with van der Waals surface area (Å²) in [5.74, 6) is 0.305. The lowest BCUT2D eigenvalue weighted by Crippen LogP contribution is -2.32. The second kappa shape index (κ2) is 6.01. The van der Waals surface area contributed by atoms with Gasteiger partial charge < -0.3 is 5.32 Å². The molecule has 1 N–H and O–H groups in total. The van der Waals surface area contributed by atoms with E-state index in [1.165, 1.54) is 38.4 Å². The molecular formula is C12H25NO2S. The van der Waals surface area contributed by atoms with E-state index in [4.69, 9.17) is 0 Å². The molecule has 3 nitrogen and oxygen atoms in total. The van der Waals surface area contributed by atoms with Gasteiger partial charge in [0.05, 0.1) is 5.75 Å². The first-order chi connectivity index (χ1) is 7.47. The summed E-state index contributed by atoms with van der Waals surface area (Å²) in [6.07, 6.45) is 8.67. The van der Waals surface area contributed by atoms with E-state index in [1.54, 1.807) is 0 Å². The number of hydrogen-bond acceptors (Lipinski definition) is 3. The maximum Gasteiger partial charge on any atom is 0.147 e. The van der Waals surface area contributed by atoms with Crippen LogP contribution in [-0.4, -0.2) is 33.5 Å². The average molecular weight is 247 g/mol. The van der Waals surface area contributed by atoms with Gasteiger partial charge in [0, 0.05) is 12.8 Å². The van der Waals surface area contributed by atoms with Crippen LogP contribution < -0.4 is 5.32 Å². The van der Waals surface area contributed by atoms with E-state index in [1.807, 2.05) is 0 Å². The molecule has 0 aliphatic heterocycles. The van der Waals surface area contributed by atoms with Gasteiger partial charge in [-0.15, -0.1) is 0 Å². The molecule has 4 heteroatoms. The van der Waals surface area contributed by atoms with Gasteiger partial charge in [-0.25, -0.2) is 8.42 Å². The fourth-order valence-electron chi connectivity index (χ4n) is 2.59. The van der Waals surface area contributed by atoms with Crippen LogP contribution in [0.15, 0.2) is 0 Å². The fourth-order valence-corrected chi connectivity index (χ4v) is 3.26. The molecule has 1 fully saturated rings. The molecule has 0 unspecified atom stereocenters. The summed E-state index contributed by atoms with van der Waals surface area (Å²) in [6, 6.07) is 0. The molecule has 96 valence electrons. The molecule has 0 atom stereocenters. The minimum Gasteiger partial charge on any atom is -0.316 e. The van der Waals surface area contributed by atoms with Crippen LogP contribution in [0.4, 0.5) is 0 Å². The first kappa shape index (κ1) is 14.0. The zero-order chi connectivity index (χ0) is 12.1. The number of rotatable bonds is 7. The Morgan fingerprint density at radius 3 is 2.38 bits per heavy atom. The molecule has 0 saturated heterocycles. The maximum absolute atomic E-state index is 10.9. The molecule has 0 aromatic heterocycles. The van der Waals surface area contributed by atoms with Gasteiger partial charge >= 0.3 is 0 Å². The summed E-state index contributed by atoms with van der Waals surface area (Å²) in [5, 5.41) is 3.43. The molecule has 0 aromatic rings. The zero-order valence-corrected chi connectivity index (χ0v) is 11.4. The summed E-state index contributed by atoms with van der Waals surface area (Å²) in [6.45, 7) is 4.16. The van der Waals surface area contributed by atoms with Gasteiger partial charge in [0.15, 0.2) is 0 Å². The molecule has 0 amide bonds. The normalized spacial score (nSPS) is 20.1. The van der Waals surface area contributed by atoms with E-state index >= 15 is 0 Å². The van der Waals surface area contributed by atoms with E-state index in [9.17, 15) is 8.42 Å². The number of hydrogen-bond donors (Lipinski definition) is 1. The highest BCUT2D eigenvalue weighted by atomic mass is 32.2. The summed E-state index contributed by atoms with van der Waals surface area (Å²) < 4.78 is 21.9. The first-order valence-corrected chi connectivity index (χ1v) is 8.42. The van der Waals surface area contributed by atoms with Crippen molar-refractivity contribution < 1.29 is 8.42 Å². The summed E-state index contributed by atoms with van der Waals surface area (Å²) in [5.41, 5.74) is 0.505. The van der Waals surface area contributed by atoms with Crippen molar-refractivity contribution in [1.29, 1.82) is 0 Å². The van der Waals surface area contributed by atoms with Gasteiger partial charge in [-0.3, -0.25) is 0 Å². The molecule has 1 saturated carbocycles. The highest BCUT2D eigenvalue weighted by Gasteiger charge is 2.31. The molecular weight excluding hydrogens is 222 g/mol. The van der Waals surface area contributed by atoms with Crippen LogP contribution in [0.3, 0.4) is 0 Å². The molecule has 1 aliphatic carbocycles. The second-order valence-electron chi connectivity index (χ2n) is 5.22. The summed E-state index contributed by atoms with van der Waals surface area (Å²) >= 11 is 0. The topological polar surface area (TPSA) is 46.2 Å². The van der Waals surface area contributed by atoms with Crippen molar-refractivity contribution in [2.45, 2.75) is 45.4 Å². The molecule has 1 aliphatic rings. The highest BCUT2D eigenvalue weighted by Crippen LogP contribution is 2.40. The Morgan fingerprint density at radius 2 is 1.88 bits per heavy atom. The van der Waals surface area contributed by atoms with Crippen molar-refractivity contribution in [3.8, 4) is 0 Å². The van der Waals surface area contributed by atoms with E-state index in [-0.39, 0.29) is 0 Å². The fraction of sp³-hybridized carbons (Fsp3) is 1.00. The van der Waals surface area contributed by atoms with Gasteiger partial charge in [0.1, 0.15) is 9.84 Å². The van der Waals surface area contributed by atoms with Gasteiger partial charge in [-0.1, -0.05) is 19.8 Å². The molecule has 0 heterocycles. The monoisotopic (exact) mass is 247 g/mol. The van der Waals surface area contributed by atoms with Crippen LogP contribution in [0.2, 0.25) is 0 Å². The third-order valence-corrected chi connectivity index (χ3v) is 4.81. The van der Waals surface area contributed by atoms with Crippen molar-refractivity contribution in [1.82, 2.24) is 5.32 Å². The van der Waals surface area contributed by atoms with Crippen molar-refractivity contribution in [3.63, 3.8) is 0 Å². The zero-order valence-electron chi connectivity index (χ0n) is 10.6. The Balaban J connectivity index is 2.15. The van der Waals surface area contributed by atoms with Crippen LogP contribution in [0.25, 0.3) is 0 Å². The second-order valence-corrected chi connectivity index (χ2v) is 7.48. The number of sulfone groups is 1. The predicted octanol–water partition coefficient (Wildman–Crippen LogP) is 1.98. The molecule has 0 bridgehead atoms. The van der Waals surface area contributed by atoms with Gasteiger partial charge in [-0.05, 0) is 37.6 Å². The van der Waals surface area contributed by atoms with E-state index in [0.29, 0.717) is 11.2 Å². The molecule has 1 rings (SSSR count).